The summed E-state index contributed by atoms with van der Waals surface area (Å²) in [6.07, 6.45) is 14.4. The van der Waals surface area contributed by atoms with Crippen molar-refractivity contribution in [2.75, 3.05) is 0 Å². The first-order chi connectivity index (χ1) is 19.4. The summed E-state index contributed by atoms with van der Waals surface area (Å²) >= 11 is 0. The van der Waals surface area contributed by atoms with E-state index in [0.717, 1.165) is 53.8 Å². The Morgan fingerprint density at radius 3 is 2.45 bits per heavy atom. The summed E-state index contributed by atoms with van der Waals surface area (Å²) in [6.45, 7) is 9.76. The number of imidazole rings is 1. The number of aromatic amines is 1. The number of nitrogens with one attached hydrogen (secondary N) is 1. The van der Waals surface area contributed by atoms with Crippen molar-refractivity contribution in [2.45, 2.75) is 98.1 Å². The molecule has 0 amide bonds. The van der Waals surface area contributed by atoms with Gasteiger partial charge in [0.1, 0.15) is 0 Å². The number of aryl methyl sites for hydroxylation is 1. The van der Waals surface area contributed by atoms with Crippen molar-refractivity contribution >= 4 is 0 Å². The van der Waals surface area contributed by atoms with E-state index in [4.69, 9.17) is 4.98 Å². The first kappa shape index (κ1) is 28.0. The van der Waals surface area contributed by atoms with E-state index < -0.39 is 0 Å². The second kappa shape index (κ2) is 12.3. The molecule has 0 aliphatic heterocycles. The van der Waals surface area contributed by atoms with Crippen molar-refractivity contribution in [2.24, 2.45) is 11.3 Å². The van der Waals surface area contributed by atoms with Gasteiger partial charge in [-0.15, -0.1) is 10.2 Å². The van der Waals surface area contributed by atoms with Crippen molar-refractivity contribution in [3.63, 3.8) is 0 Å². The Hall–Kier alpha value is -3.55. The van der Waals surface area contributed by atoms with Crippen LogP contribution in [-0.4, -0.2) is 34.7 Å². The molecule has 2 atom stereocenters. The standard InChI is InChI=1S/C32H43N7O/c1-5-6-13-24-22-39(29-17-10-8-7-9-16-27(29)32(2,3)4)31(40)38(24)21-23-18-19-28(33-20-23)25-14-11-12-15-26(25)30-34-36-37-35-30/h11-12,14-15,18-20,22,27,29H,5-10,13,16-17,21H2,1-4H3,(H,34,35,36,37). The SMILES string of the molecule is CCCCc1cn(C2CCCCCCC2C(C)(C)C)c(=O)n1Cc1ccc(-c2ccccc2-c2nn[nH]n2)nc1. The number of hydrogen-bond donors (Lipinski definition) is 1. The molecule has 8 nitrogen and oxygen atoms in total. The quantitative estimate of drug-likeness (QED) is 0.263. The van der Waals surface area contributed by atoms with Gasteiger partial charge in [-0.05, 0) is 53.9 Å². The lowest BCUT2D eigenvalue weighted by Crippen LogP contribution is -2.36. The molecule has 1 saturated carbocycles. The first-order valence-electron chi connectivity index (χ1n) is 15.0. The van der Waals surface area contributed by atoms with E-state index in [-0.39, 0.29) is 17.1 Å². The van der Waals surface area contributed by atoms with Crippen molar-refractivity contribution in [3.05, 3.63) is 70.5 Å². The molecule has 8 heteroatoms. The van der Waals surface area contributed by atoms with E-state index in [0.29, 0.717) is 18.3 Å². The normalized spacial score (nSPS) is 18.4. The number of pyridine rings is 1. The van der Waals surface area contributed by atoms with E-state index in [2.05, 4.69) is 65.1 Å². The third-order valence-electron chi connectivity index (χ3n) is 8.53. The molecule has 2 unspecified atom stereocenters. The van der Waals surface area contributed by atoms with Gasteiger partial charge in [-0.1, -0.05) is 90.1 Å². The van der Waals surface area contributed by atoms with Crippen LogP contribution in [0.15, 0.2) is 53.6 Å². The number of benzene rings is 1. The Balaban J connectivity index is 1.46. The minimum Gasteiger partial charge on any atom is -0.296 e. The van der Waals surface area contributed by atoms with Gasteiger partial charge < -0.3 is 0 Å². The number of nitrogens with zero attached hydrogens (tertiary/aromatic N) is 6. The fraction of sp³-hybridized carbons (Fsp3) is 0.531. The highest BCUT2D eigenvalue weighted by Gasteiger charge is 2.35. The molecule has 1 aliphatic carbocycles. The van der Waals surface area contributed by atoms with Crippen molar-refractivity contribution in [1.29, 1.82) is 0 Å². The van der Waals surface area contributed by atoms with E-state index in [1.807, 2.05) is 41.1 Å². The van der Waals surface area contributed by atoms with Gasteiger partial charge in [-0.3, -0.25) is 14.1 Å². The largest absolute Gasteiger partial charge is 0.328 e. The molecule has 4 aromatic rings. The predicted molar refractivity (Wildman–Crippen MR) is 159 cm³/mol. The summed E-state index contributed by atoms with van der Waals surface area (Å²) in [5.41, 5.74) is 5.08. The van der Waals surface area contributed by atoms with E-state index in [1.54, 1.807) is 0 Å². The Kier molecular flexibility index (Phi) is 8.62. The molecular weight excluding hydrogens is 498 g/mol. The summed E-state index contributed by atoms with van der Waals surface area (Å²) in [4.78, 5) is 18.9. The van der Waals surface area contributed by atoms with Crippen LogP contribution in [0.25, 0.3) is 22.6 Å². The van der Waals surface area contributed by atoms with Crippen molar-refractivity contribution < 1.29 is 0 Å². The molecule has 0 saturated heterocycles. The van der Waals surface area contributed by atoms with Crippen LogP contribution in [0.3, 0.4) is 0 Å². The molecule has 0 spiro atoms. The molecule has 0 bridgehead atoms. The van der Waals surface area contributed by atoms with Crippen LogP contribution in [0.1, 0.15) is 96.4 Å². The maximum Gasteiger partial charge on any atom is 0.328 e. The number of H-pyrrole nitrogens is 1. The summed E-state index contributed by atoms with van der Waals surface area (Å²) in [5.74, 6) is 1.03. The lowest BCUT2D eigenvalue weighted by atomic mass is 9.71. The number of rotatable bonds is 8. The smallest absolute Gasteiger partial charge is 0.296 e. The molecule has 0 radical (unpaired) electrons. The zero-order chi connectivity index (χ0) is 28.1. The summed E-state index contributed by atoms with van der Waals surface area (Å²) in [5, 5.41) is 14.5. The Morgan fingerprint density at radius 2 is 1.77 bits per heavy atom. The summed E-state index contributed by atoms with van der Waals surface area (Å²) < 4.78 is 4.10. The monoisotopic (exact) mass is 541 g/mol. The number of aromatic nitrogens is 7. The van der Waals surface area contributed by atoms with Crippen LogP contribution in [0.2, 0.25) is 0 Å². The molecule has 40 heavy (non-hydrogen) atoms. The Morgan fingerprint density at radius 1 is 1.00 bits per heavy atom. The van der Waals surface area contributed by atoms with Gasteiger partial charge in [0.15, 0.2) is 0 Å². The van der Waals surface area contributed by atoms with Crippen LogP contribution in [0.5, 0.6) is 0 Å². The van der Waals surface area contributed by atoms with Gasteiger partial charge in [0.2, 0.25) is 5.82 Å². The molecule has 1 N–H and O–H groups in total. The van der Waals surface area contributed by atoms with Gasteiger partial charge in [-0.2, -0.15) is 5.21 Å². The molecule has 1 fully saturated rings. The minimum absolute atomic E-state index is 0.123. The highest BCUT2D eigenvalue weighted by molar-refractivity contribution is 5.78. The van der Waals surface area contributed by atoms with Gasteiger partial charge in [-0.25, -0.2) is 4.79 Å². The van der Waals surface area contributed by atoms with E-state index in [1.165, 1.54) is 32.1 Å². The lowest BCUT2D eigenvalue weighted by Gasteiger charge is -2.39. The van der Waals surface area contributed by atoms with Crippen molar-refractivity contribution in [3.8, 4) is 22.6 Å². The maximum absolute atomic E-state index is 14.1. The first-order valence-corrected chi connectivity index (χ1v) is 15.0. The average molecular weight is 542 g/mol. The van der Waals surface area contributed by atoms with E-state index >= 15 is 0 Å². The minimum atomic E-state index is 0.123. The Bertz CT molecular complexity index is 1430. The Labute approximate surface area is 237 Å². The second-order valence-electron chi connectivity index (χ2n) is 12.4. The summed E-state index contributed by atoms with van der Waals surface area (Å²) in [7, 11) is 0. The van der Waals surface area contributed by atoms with Crippen LogP contribution >= 0.6 is 0 Å². The van der Waals surface area contributed by atoms with Gasteiger partial charge in [0, 0.05) is 35.3 Å². The zero-order valence-electron chi connectivity index (χ0n) is 24.4. The zero-order valence-corrected chi connectivity index (χ0v) is 24.4. The number of unbranched alkanes of at least 4 members (excludes halogenated alkanes) is 1. The number of tetrazole rings is 1. The highest BCUT2D eigenvalue weighted by atomic mass is 16.1. The molecule has 5 rings (SSSR count). The second-order valence-corrected chi connectivity index (χ2v) is 12.4. The van der Waals surface area contributed by atoms with Crippen LogP contribution in [-0.2, 0) is 13.0 Å². The van der Waals surface area contributed by atoms with E-state index in [9.17, 15) is 4.79 Å². The molecule has 1 aliphatic rings. The van der Waals surface area contributed by atoms with Crippen LogP contribution in [0.4, 0.5) is 0 Å². The molecular formula is C32H43N7O. The summed E-state index contributed by atoms with van der Waals surface area (Å²) in [6, 6.07) is 12.3. The lowest BCUT2D eigenvalue weighted by molar-refractivity contribution is 0.126. The van der Waals surface area contributed by atoms with Gasteiger partial charge in [0.05, 0.1) is 12.2 Å². The maximum atomic E-state index is 14.1. The highest BCUT2D eigenvalue weighted by Crippen LogP contribution is 2.42. The third-order valence-corrected chi connectivity index (χ3v) is 8.53. The van der Waals surface area contributed by atoms with Crippen LogP contribution in [0, 0.1) is 11.3 Å². The fourth-order valence-electron chi connectivity index (χ4n) is 6.36. The van der Waals surface area contributed by atoms with Gasteiger partial charge in [0.25, 0.3) is 0 Å². The third kappa shape index (κ3) is 6.11. The molecule has 212 valence electrons. The average Bonchev–Trinajstić information content (AvgIpc) is 3.56. The number of hydrogen-bond acceptors (Lipinski definition) is 5. The fourth-order valence-corrected chi connectivity index (χ4v) is 6.36. The van der Waals surface area contributed by atoms with Crippen LogP contribution < -0.4 is 5.69 Å². The molecule has 3 heterocycles. The molecule has 3 aromatic heterocycles. The van der Waals surface area contributed by atoms with Crippen molar-refractivity contribution in [1.82, 2.24) is 34.7 Å². The molecule has 1 aromatic carbocycles. The predicted octanol–water partition coefficient (Wildman–Crippen LogP) is 6.84. The topological polar surface area (TPSA) is 94.3 Å². The van der Waals surface area contributed by atoms with Gasteiger partial charge >= 0.3 is 5.69 Å².